The molecular weight excluding hydrogens is 318 g/mol. The molecule has 0 saturated heterocycles. The van der Waals surface area contributed by atoms with Gasteiger partial charge in [0.25, 0.3) is 5.56 Å². The zero-order chi connectivity index (χ0) is 18.0. The second-order valence-corrected chi connectivity index (χ2v) is 5.58. The molecule has 2 aromatic heterocycles. The van der Waals surface area contributed by atoms with Crippen molar-refractivity contribution in [3.63, 3.8) is 0 Å². The highest BCUT2D eigenvalue weighted by Gasteiger charge is 2.19. The molecule has 0 saturated carbocycles. The molecule has 0 spiro atoms. The lowest BCUT2D eigenvalue weighted by Gasteiger charge is -2.13. The first-order valence-corrected chi connectivity index (χ1v) is 7.96. The fourth-order valence-corrected chi connectivity index (χ4v) is 2.77. The summed E-state index contributed by atoms with van der Waals surface area (Å²) in [6.07, 6.45) is 1.61. The maximum absolute atomic E-state index is 12.5. The molecule has 0 N–H and O–H groups in total. The second kappa shape index (κ2) is 6.73. The highest BCUT2D eigenvalue weighted by atomic mass is 16.5. The first-order chi connectivity index (χ1) is 12.0. The molecule has 2 heterocycles. The summed E-state index contributed by atoms with van der Waals surface area (Å²) >= 11 is 0. The van der Waals surface area contributed by atoms with Crippen molar-refractivity contribution in [3.05, 3.63) is 76.2 Å². The molecule has 25 heavy (non-hydrogen) atoms. The van der Waals surface area contributed by atoms with Gasteiger partial charge in [-0.2, -0.15) is 0 Å². The molecule has 0 unspecified atom stereocenters. The number of carbonyl (C=O) groups excluding carboxylic acids is 2. The molecule has 0 atom stereocenters. The van der Waals surface area contributed by atoms with E-state index in [9.17, 15) is 14.4 Å². The zero-order valence-corrected chi connectivity index (χ0v) is 14.0. The number of benzene rings is 1. The summed E-state index contributed by atoms with van der Waals surface area (Å²) in [6, 6.07) is 13.4. The Morgan fingerprint density at radius 2 is 1.80 bits per heavy atom. The number of fused-ring (bicyclic) bond motifs is 1. The van der Waals surface area contributed by atoms with Crippen LogP contribution in [0.3, 0.4) is 0 Å². The Kier molecular flexibility index (Phi) is 4.48. The molecule has 0 fully saturated rings. The lowest BCUT2D eigenvalue weighted by Crippen LogP contribution is -2.18. The molecular formula is C20H17NO4. The zero-order valence-electron chi connectivity index (χ0n) is 14.0. The number of Topliss-reactive ketones (excluding diaryl/α,β-unsaturated/α-hetero) is 1. The Morgan fingerprint density at radius 1 is 1.08 bits per heavy atom. The predicted octanol–water partition coefficient (Wildman–Crippen LogP) is 3.35. The van der Waals surface area contributed by atoms with Crippen LogP contribution in [0.4, 0.5) is 0 Å². The first-order valence-electron chi connectivity index (χ1n) is 7.96. The average Bonchev–Trinajstić information content (AvgIpc) is 2.62. The van der Waals surface area contributed by atoms with Crippen molar-refractivity contribution in [1.82, 2.24) is 4.40 Å². The van der Waals surface area contributed by atoms with E-state index in [4.69, 9.17) is 4.74 Å². The van der Waals surface area contributed by atoms with Gasteiger partial charge in [-0.3, -0.25) is 14.0 Å². The highest BCUT2D eigenvalue weighted by molar-refractivity contribution is 6.04. The van der Waals surface area contributed by atoms with E-state index in [-0.39, 0.29) is 17.9 Å². The summed E-state index contributed by atoms with van der Waals surface area (Å²) in [7, 11) is 0. The van der Waals surface area contributed by atoms with Gasteiger partial charge in [0.05, 0.1) is 17.7 Å². The van der Waals surface area contributed by atoms with E-state index in [1.807, 2.05) is 0 Å². The summed E-state index contributed by atoms with van der Waals surface area (Å²) in [4.78, 5) is 36.4. The van der Waals surface area contributed by atoms with E-state index in [1.165, 1.54) is 17.4 Å². The largest absolute Gasteiger partial charge is 0.462 e. The minimum Gasteiger partial charge on any atom is -0.462 e. The maximum Gasteiger partial charge on any atom is 0.340 e. The van der Waals surface area contributed by atoms with Gasteiger partial charge in [-0.15, -0.1) is 0 Å². The van der Waals surface area contributed by atoms with Crippen molar-refractivity contribution in [2.75, 3.05) is 6.61 Å². The van der Waals surface area contributed by atoms with Gasteiger partial charge in [-0.05, 0) is 31.5 Å². The summed E-state index contributed by atoms with van der Waals surface area (Å²) in [5.74, 6) is -0.535. The van der Waals surface area contributed by atoms with Gasteiger partial charge in [0, 0.05) is 23.4 Å². The Balaban J connectivity index is 2.29. The monoisotopic (exact) mass is 335 g/mol. The SMILES string of the molecule is CCOC(=O)c1c(-c2ccc(C(C)=O)cc2)cc(=O)n2ccccc12. The summed E-state index contributed by atoms with van der Waals surface area (Å²) in [6.45, 7) is 3.46. The molecule has 0 aliphatic rings. The van der Waals surface area contributed by atoms with Crippen LogP contribution in [-0.4, -0.2) is 22.8 Å². The fraction of sp³-hybridized carbons (Fsp3) is 0.150. The van der Waals surface area contributed by atoms with E-state index in [0.29, 0.717) is 27.8 Å². The molecule has 1 aromatic carbocycles. The van der Waals surface area contributed by atoms with Crippen LogP contribution in [0.2, 0.25) is 0 Å². The first kappa shape index (κ1) is 16.6. The molecule has 0 radical (unpaired) electrons. The maximum atomic E-state index is 12.5. The average molecular weight is 335 g/mol. The molecule has 0 bridgehead atoms. The number of nitrogens with zero attached hydrogens (tertiary/aromatic N) is 1. The number of esters is 1. The highest BCUT2D eigenvalue weighted by Crippen LogP contribution is 2.27. The number of rotatable bonds is 4. The quantitative estimate of drug-likeness (QED) is 0.542. The van der Waals surface area contributed by atoms with Crippen molar-refractivity contribution in [1.29, 1.82) is 0 Å². The molecule has 3 aromatic rings. The standard InChI is InChI=1S/C20H17NO4/c1-3-25-20(24)19-16(15-9-7-14(8-10-15)13(2)22)12-18(23)21-11-5-4-6-17(19)21/h4-12H,3H2,1-2H3. The Bertz CT molecular complexity index is 1020. The molecule has 3 rings (SSSR count). The van der Waals surface area contributed by atoms with Crippen molar-refractivity contribution in [2.45, 2.75) is 13.8 Å². The van der Waals surface area contributed by atoms with Crippen LogP contribution in [0.1, 0.15) is 34.6 Å². The topological polar surface area (TPSA) is 64.9 Å². The Labute approximate surface area is 144 Å². The fourth-order valence-electron chi connectivity index (χ4n) is 2.77. The van der Waals surface area contributed by atoms with Gasteiger partial charge in [0.2, 0.25) is 0 Å². The van der Waals surface area contributed by atoms with Gasteiger partial charge >= 0.3 is 5.97 Å². The predicted molar refractivity (Wildman–Crippen MR) is 95.1 cm³/mol. The van der Waals surface area contributed by atoms with E-state index in [1.54, 1.807) is 55.6 Å². The van der Waals surface area contributed by atoms with Gasteiger partial charge in [0.1, 0.15) is 0 Å². The molecule has 5 heteroatoms. The van der Waals surface area contributed by atoms with Crippen molar-refractivity contribution < 1.29 is 14.3 Å². The van der Waals surface area contributed by atoms with Crippen molar-refractivity contribution in [3.8, 4) is 11.1 Å². The van der Waals surface area contributed by atoms with Crippen LogP contribution < -0.4 is 5.56 Å². The second-order valence-electron chi connectivity index (χ2n) is 5.58. The lowest BCUT2D eigenvalue weighted by molar-refractivity contribution is 0.0529. The summed E-state index contributed by atoms with van der Waals surface area (Å²) in [5.41, 5.74) is 2.31. The molecule has 0 aliphatic heterocycles. The van der Waals surface area contributed by atoms with Crippen LogP contribution in [0, 0.1) is 0 Å². The Hall–Kier alpha value is -3.21. The van der Waals surface area contributed by atoms with Crippen LogP contribution in [0.15, 0.2) is 59.5 Å². The minimum absolute atomic E-state index is 0.0456. The van der Waals surface area contributed by atoms with Crippen LogP contribution in [0.5, 0.6) is 0 Å². The minimum atomic E-state index is -0.489. The number of ketones is 1. The molecule has 5 nitrogen and oxygen atoms in total. The van der Waals surface area contributed by atoms with Crippen LogP contribution in [0.25, 0.3) is 16.6 Å². The summed E-state index contributed by atoms with van der Waals surface area (Å²) < 4.78 is 6.61. The molecule has 0 amide bonds. The Morgan fingerprint density at radius 3 is 2.44 bits per heavy atom. The van der Waals surface area contributed by atoms with Crippen molar-refractivity contribution >= 4 is 17.3 Å². The third-order valence-electron chi connectivity index (χ3n) is 3.97. The third-order valence-corrected chi connectivity index (χ3v) is 3.97. The van der Waals surface area contributed by atoms with Gasteiger partial charge in [-0.1, -0.05) is 30.3 Å². The third kappa shape index (κ3) is 3.08. The number of hydrogen-bond acceptors (Lipinski definition) is 4. The van der Waals surface area contributed by atoms with Crippen LogP contribution >= 0.6 is 0 Å². The number of hydrogen-bond donors (Lipinski definition) is 0. The molecule has 126 valence electrons. The van der Waals surface area contributed by atoms with E-state index >= 15 is 0 Å². The number of carbonyl (C=O) groups is 2. The lowest BCUT2D eigenvalue weighted by atomic mass is 9.98. The molecule has 0 aliphatic carbocycles. The normalized spacial score (nSPS) is 10.6. The van der Waals surface area contributed by atoms with E-state index in [2.05, 4.69) is 0 Å². The van der Waals surface area contributed by atoms with Gasteiger partial charge < -0.3 is 4.74 Å². The van der Waals surface area contributed by atoms with E-state index in [0.717, 1.165) is 0 Å². The number of pyridine rings is 2. The van der Waals surface area contributed by atoms with Crippen LogP contribution in [-0.2, 0) is 4.74 Å². The van der Waals surface area contributed by atoms with Gasteiger partial charge in [-0.25, -0.2) is 4.79 Å². The van der Waals surface area contributed by atoms with Gasteiger partial charge in [0.15, 0.2) is 5.78 Å². The summed E-state index contributed by atoms with van der Waals surface area (Å²) in [5, 5.41) is 0. The number of aromatic nitrogens is 1. The smallest absolute Gasteiger partial charge is 0.340 e. The van der Waals surface area contributed by atoms with Crippen molar-refractivity contribution in [2.24, 2.45) is 0 Å². The van der Waals surface area contributed by atoms with E-state index < -0.39 is 5.97 Å². The number of ether oxygens (including phenoxy) is 1.